The number of hydrogen-bond donors (Lipinski definition) is 0. The highest BCUT2D eigenvalue weighted by molar-refractivity contribution is 5.32. The van der Waals surface area contributed by atoms with E-state index in [1.165, 1.54) is 12.1 Å². The Bertz CT molecular complexity index is 461. The van der Waals surface area contributed by atoms with Crippen LogP contribution in [0, 0.1) is 10.1 Å². The summed E-state index contributed by atoms with van der Waals surface area (Å²) in [7, 11) is 0. The molecule has 0 aliphatic rings. The van der Waals surface area contributed by atoms with Gasteiger partial charge in [0.1, 0.15) is 0 Å². The lowest BCUT2D eigenvalue weighted by Crippen LogP contribution is -2.26. The third-order valence-corrected chi connectivity index (χ3v) is 2.54. The smallest absolute Gasteiger partial charge is 0.269 e. The van der Waals surface area contributed by atoms with Crippen LogP contribution in [0.15, 0.2) is 48.6 Å². The Morgan fingerprint density at radius 3 is 2.00 bits per heavy atom. The van der Waals surface area contributed by atoms with Crippen molar-refractivity contribution < 1.29 is 4.92 Å². The van der Waals surface area contributed by atoms with Crippen molar-refractivity contribution in [2.75, 3.05) is 13.1 Å². The van der Waals surface area contributed by atoms with Crippen LogP contribution in [-0.2, 0) is 6.54 Å². The van der Waals surface area contributed by atoms with Crippen LogP contribution < -0.4 is 0 Å². The maximum absolute atomic E-state index is 10.6. The predicted molar refractivity (Wildman–Crippen MR) is 78.0 cm³/mol. The van der Waals surface area contributed by atoms with E-state index in [1.807, 2.05) is 13.8 Å². The molecule has 0 heterocycles. The summed E-state index contributed by atoms with van der Waals surface area (Å²) < 4.78 is 0. The molecular weight excluding hydrogens is 240 g/mol. The van der Waals surface area contributed by atoms with Crippen LogP contribution in [0.25, 0.3) is 0 Å². The Hall–Kier alpha value is -1.94. The molecule has 0 amide bonds. The molecule has 0 aliphatic carbocycles. The topological polar surface area (TPSA) is 46.4 Å². The van der Waals surface area contributed by atoms with Crippen molar-refractivity contribution in [1.29, 1.82) is 0 Å². The zero-order chi connectivity index (χ0) is 14.4. The van der Waals surface area contributed by atoms with Crippen LogP contribution in [0.5, 0.6) is 0 Å². The van der Waals surface area contributed by atoms with Gasteiger partial charge in [0, 0.05) is 31.8 Å². The van der Waals surface area contributed by atoms with E-state index in [1.54, 1.807) is 12.1 Å². The number of nitro benzene ring substituents is 1. The lowest BCUT2D eigenvalue weighted by atomic mass is 10.1. The van der Waals surface area contributed by atoms with Gasteiger partial charge in [-0.1, -0.05) is 36.4 Å². The van der Waals surface area contributed by atoms with E-state index in [0.29, 0.717) is 0 Å². The van der Waals surface area contributed by atoms with Gasteiger partial charge in [0.2, 0.25) is 0 Å². The van der Waals surface area contributed by atoms with Crippen LogP contribution >= 0.6 is 0 Å². The fraction of sp³-hybridized carbons (Fsp3) is 0.333. The molecule has 1 aromatic carbocycles. The lowest BCUT2D eigenvalue weighted by Gasteiger charge is -2.22. The van der Waals surface area contributed by atoms with Crippen LogP contribution in [0.1, 0.15) is 19.4 Å². The average Bonchev–Trinajstić information content (AvgIpc) is 2.27. The van der Waals surface area contributed by atoms with Gasteiger partial charge in [-0.25, -0.2) is 0 Å². The monoisotopic (exact) mass is 260 g/mol. The number of benzene rings is 1. The highest BCUT2D eigenvalue weighted by Gasteiger charge is 2.08. The van der Waals surface area contributed by atoms with Gasteiger partial charge in [-0.3, -0.25) is 15.0 Å². The summed E-state index contributed by atoms with van der Waals surface area (Å²) in [5, 5.41) is 10.6. The van der Waals surface area contributed by atoms with E-state index in [2.05, 4.69) is 18.1 Å². The molecule has 102 valence electrons. The van der Waals surface area contributed by atoms with Crippen LogP contribution in [0.4, 0.5) is 5.69 Å². The van der Waals surface area contributed by atoms with Gasteiger partial charge in [0.15, 0.2) is 0 Å². The Balaban J connectivity index is 2.74. The standard InChI is InChI=1S/C15H20N2O2/c1-12(2)9-16(10-13(3)4)11-14-5-7-15(8-6-14)17(18)19/h5-8H,1,3,9-11H2,2,4H3. The van der Waals surface area contributed by atoms with Crippen LogP contribution in [-0.4, -0.2) is 22.9 Å². The molecule has 0 bridgehead atoms. The number of rotatable bonds is 7. The van der Waals surface area contributed by atoms with Crippen LogP contribution in [0.3, 0.4) is 0 Å². The van der Waals surface area contributed by atoms with Crippen LogP contribution in [0.2, 0.25) is 0 Å². The third-order valence-electron chi connectivity index (χ3n) is 2.54. The summed E-state index contributed by atoms with van der Waals surface area (Å²) in [5.74, 6) is 0. The summed E-state index contributed by atoms with van der Waals surface area (Å²) >= 11 is 0. The van der Waals surface area contributed by atoms with E-state index in [9.17, 15) is 10.1 Å². The fourth-order valence-corrected chi connectivity index (χ4v) is 1.91. The van der Waals surface area contributed by atoms with Crippen molar-refractivity contribution in [1.82, 2.24) is 4.90 Å². The average molecular weight is 260 g/mol. The molecule has 4 nitrogen and oxygen atoms in total. The maximum atomic E-state index is 10.6. The highest BCUT2D eigenvalue weighted by Crippen LogP contribution is 2.14. The molecule has 1 aromatic rings. The second kappa shape index (κ2) is 6.85. The van der Waals surface area contributed by atoms with Crippen molar-refractivity contribution in [3.05, 3.63) is 64.2 Å². The molecule has 0 aromatic heterocycles. The second-order valence-electron chi connectivity index (χ2n) is 4.98. The molecule has 0 atom stereocenters. The van der Waals surface area contributed by atoms with Gasteiger partial charge in [-0.15, -0.1) is 0 Å². The van der Waals surface area contributed by atoms with Gasteiger partial charge in [0.25, 0.3) is 5.69 Å². The molecule has 0 aliphatic heterocycles. The summed E-state index contributed by atoms with van der Waals surface area (Å²) in [6.45, 7) is 14.1. The summed E-state index contributed by atoms with van der Waals surface area (Å²) in [4.78, 5) is 12.4. The van der Waals surface area contributed by atoms with Gasteiger partial charge < -0.3 is 0 Å². The zero-order valence-electron chi connectivity index (χ0n) is 11.6. The molecule has 0 saturated carbocycles. The van der Waals surface area contributed by atoms with E-state index in [4.69, 9.17) is 0 Å². The third kappa shape index (κ3) is 5.48. The van der Waals surface area contributed by atoms with Crippen molar-refractivity contribution in [3.8, 4) is 0 Å². The fourth-order valence-electron chi connectivity index (χ4n) is 1.91. The largest absolute Gasteiger partial charge is 0.291 e. The Morgan fingerprint density at radius 1 is 1.16 bits per heavy atom. The summed E-state index contributed by atoms with van der Waals surface area (Å²) in [6, 6.07) is 6.66. The van der Waals surface area contributed by atoms with Crippen molar-refractivity contribution in [3.63, 3.8) is 0 Å². The molecule has 0 N–H and O–H groups in total. The number of non-ortho nitro benzene ring substituents is 1. The van der Waals surface area contributed by atoms with Gasteiger partial charge in [0.05, 0.1) is 4.92 Å². The number of nitrogens with zero attached hydrogens (tertiary/aromatic N) is 2. The normalized spacial score (nSPS) is 10.5. The molecule has 0 fully saturated rings. The summed E-state index contributed by atoms with van der Waals surface area (Å²) in [6.07, 6.45) is 0. The second-order valence-corrected chi connectivity index (χ2v) is 4.98. The minimum atomic E-state index is -0.386. The van der Waals surface area contributed by atoms with Gasteiger partial charge in [-0.2, -0.15) is 0 Å². The Kier molecular flexibility index (Phi) is 5.45. The molecule has 0 saturated heterocycles. The molecule has 0 radical (unpaired) electrons. The zero-order valence-corrected chi connectivity index (χ0v) is 11.6. The predicted octanol–water partition coefficient (Wildman–Crippen LogP) is 3.55. The quantitative estimate of drug-likeness (QED) is 0.428. The molecule has 0 unspecified atom stereocenters. The van der Waals surface area contributed by atoms with Gasteiger partial charge in [-0.05, 0) is 19.4 Å². The molecular formula is C15H20N2O2. The van der Waals surface area contributed by atoms with E-state index in [-0.39, 0.29) is 10.6 Å². The first kappa shape index (κ1) is 15.1. The lowest BCUT2D eigenvalue weighted by molar-refractivity contribution is -0.384. The van der Waals surface area contributed by atoms with Crippen molar-refractivity contribution in [2.24, 2.45) is 0 Å². The van der Waals surface area contributed by atoms with Crippen molar-refractivity contribution >= 4 is 5.69 Å². The summed E-state index contributed by atoms with van der Waals surface area (Å²) in [5.41, 5.74) is 3.34. The van der Waals surface area contributed by atoms with E-state index >= 15 is 0 Å². The maximum Gasteiger partial charge on any atom is 0.269 e. The number of hydrogen-bond acceptors (Lipinski definition) is 3. The first-order valence-electron chi connectivity index (χ1n) is 6.13. The number of nitro groups is 1. The highest BCUT2D eigenvalue weighted by atomic mass is 16.6. The Morgan fingerprint density at radius 2 is 1.63 bits per heavy atom. The van der Waals surface area contributed by atoms with E-state index in [0.717, 1.165) is 36.3 Å². The van der Waals surface area contributed by atoms with Gasteiger partial charge >= 0.3 is 0 Å². The minimum Gasteiger partial charge on any atom is -0.291 e. The van der Waals surface area contributed by atoms with Crippen molar-refractivity contribution in [2.45, 2.75) is 20.4 Å². The SMILES string of the molecule is C=C(C)CN(CC(=C)C)Cc1ccc([N+](=O)[O-])cc1. The molecule has 4 heteroatoms. The Labute approximate surface area is 114 Å². The first-order valence-corrected chi connectivity index (χ1v) is 6.13. The minimum absolute atomic E-state index is 0.120. The molecule has 0 spiro atoms. The van der Waals surface area contributed by atoms with E-state index < -0.39 is 0 Å². The first-order chi connectivity index (χ1) is 8.88. The molecule has 19 heavy (non-hydrogen) atoms. The molecule has 1 rings (SSSR count).